The summed E-state index contributed by atoms with van der Waals surface area (Å²) in [6, 6.07) is 19.5. The minimum absolute atomic E-state index is 0.0375. The van der Waals surface area contributed by atoms with Crippen molar-refractivity contribution < 1.29 is 13.2 Å². The van der Waals surface area contributed by atoms with Crippen LogP contribution in [0, 0.1) is 0 Å². The fraction of sp³-hybridized carbons (Fsp3) is 0.227. The third-order valence-corrected chi connectivity index (χ3v) is 6.98. The van der Waals surface area contributed by atoms with Crippen molar-refractivity contribution in [2.24, 2.45) is 0 Å². The lowest BCUT2D eigenvalue weighted by molar-refractivity contribution is 0.0749. The Hall–Kier alpha value is -2.86. The number of hydrogen-bond acceptors (Lipinski definition) is 3. The van der Waals surface area contributed by atoms with Crippen LogP contribution in [0.5, 0.6) is 0 Å². The number of benzene rings is 2. The molecule has 1 aliphatic rings. The van der Waals surface area contributed by atoms with Gasteiger partial charge in [-0.15, -0.1) is 0 Å². The summed E-state index contributed by atoms with van der Waals surface area (Å²) in [6.07, 6.45) is 5.42. The number of nitrogens with zero attached hydrogens (tertiary/aromatic N) is 2. The van der Waals surface area contributed by atoms with E-state index in [1.54, 1.807) is 47.4 Å². The average molecular weight is 394 g/mol. The van der Waals surface area contributed by atoms with Crippen molar-refractivity contribution in [3.8, 4) is 5.69 Å². The summed E-state index contributed by atoms with van der Waals surface area (Å²) in [5, 5.41) is 0. The van der Waals surface area contributed by atoms with Crippen LogP contribution >= 0.6 is 0 Å². The molecule has 1 amide bonds. The molecule has 0 aliphatic carbocycles. The summed E-state index contributed by atoms with van der Waals surface area (Å²) in [4.78, 5) is 15.0. The first-order valence-corrected chi connectivity index (χ1v) is 11.0. The van der Waals surface area contributed by atoms with Gasteiger partial charge >= 0.3 is 0 Å². The number of aromatic nitrogens is 1. The Kier molecular flexibility index (Phi) is 5.05. The molecule has 0 bridgehead atoms. The Morgan fingerprint density at radius 2 is 1.61 bits per heavy atom. The molecular formula is C22H22N2O3S. The molecule has 5 nitrogen and oxygen atoms in total. The lowest BCUT2D eigenvalue weighted by Gasteiger charge is -2.25. The van der Waals surface area contributed by atoms with E-state index in [1.165, 1.54) is 0 Å². The van der Waals surface area contributed by atoms with E-state index in [0.29, 0.717) is 23.4 Å². The zero-order valence-corrected chi connectivity index (χ0v) is 16.3. The number of hydrogen-bond donors (Lipinski definition) is 0. The first-order valence-electron chi connectivity index (χ1n) is 9.37. The predicted molar refractivity (Wildman–Crippen MR) is 108 cm³/mol. The second-order valence-electron chi connectivity index (χ2n) is 7.03. The molecule has 0 N–H and O–H groups in total. The summed E-state index contributed by atoms with van der Waals surface area (Å²) >= 11 is 0. The molecule has 1 aromatic heterocycles. The molecule has 3 aromatic rings. The van der Waals surface area contributed by atoms with Crippen LogP contribution in [0.2, 0.25) is 0 Å². The monoisotopic (exact) mass is 394 g/mol. The van der Waals surface area contributed by atoms with Gasteiger partial charge in [0.1, 0.15) is 0 Å². The van der Waals surface area contributed by atoms with Gasteiger partial charge in [-0.05, 0) is 61.4 Å². The minimum atomic E-state index is -3.43. The minimum Gasteiger partial charge on any atom is -0.335 e. The van der Waals surface area contributed by atoms with Crippen molar-refractivity contribution in [1.29, 1.82) is 0 Å². The maximum atomic E-state index is 13.0. The van der Waals surface area contributed by atoms with E-state index in [1.807, 2.05) is 41.2 Å². The molecule has 1 atom stereocenters. The van der Waals surface area contributed by atoms with Crippen molar-refractivity contribution in [1.82, 2.24) is 9.47 Å². The van der Waals surface area contributed by atoms with Crippen LogP contribution in [0.3, 0.4) is 0 Å². The number of carbonyl (C=O) groups excluding carboxylic acids is 1. The Morgan fingerprint density at radius 3 is 2.29 bits per heavy atom. The first kappa shape index (κ1) is 18.5. The first-order chi connectivity index (χ1) is 13.5. The van der Waals surface area contributed by atoms with Crippen LogP contribution < -0.4 is 0 Å². The highest BCUT2D eigenvalue weighted by molar-refractivity contribution is 7.91. The van der Waals surface area contributed by atoms with Gasteiger partial charge in [0.05, 0.1) is 10.6 Å². The van der Waals surface area contributed by atoms with Gasteiger partial charge in [0, 0.05) is 36.2 Å². The van der Waals surface area contributed by atoms with Gasteiger partial charge in [0.25, 0.3) is 5.91 Å². The molecule has 0 spiro atoms. The summed E-state index contributed by atoms with van der Waals surface area (Å²) in [6.45, 7) is 0.590. The van der Waals surface area contributed by atoms with Crippen molar-refractivity contribution in [3.63, 3.8) is 0 Å². The second-order valence-corrected chi connectivity index (χ2v) is 9.06. The zero-order valence-electron chi connectivity index (χ0n) is 15.4. The fourth-order valence-corrected chi connectivity index (χ4v) is 5.32. The van der Waals surface area contributed by atoms with Gasteiger partial charge in [-0.2, -0.15) is 0 Å². The summed E-state index contributed by atoms with van der Waals surface area (Å²) in [5.41, 5.74) is 1.56. The van der Waals surface area contributed by atoms with Crippen LogP contribution in [-0.4, -0.2) is 42.1 Å². The number of rotatable bonds is 5. The SMILES string of the molecule is O=C(c1ccc(-n2cccc2)cc1)N1CCCC1CS(=O)(=O)c1ccccc1. The lowest BCUT2D eigenvalue weighted by atomic mass is 10.1. The highest BCUT2D eigenvalue weighted by Gasteiger charge is 2.33. The van der Waals surface area contributed by atoms with Crippen LogP contribution in [0.1, 0.15) is 23.2 Å². The van der Waals surface area contributed by atoms with Crippen molar-refractivity contribution in [2.45, 2.75) is 23.8 Å². The van der Waals surface area contributed by atoms with Gasteiger partial charge in [-0.3, -0.25) is 4.79 Å². The standard InChI is InChI=1S/C22H22N2O3S/c25-22(18-10-12-19(13-11-18)23-14-4-5-15-23)24-16-6-7-20(24)17-28(26,27)21-8-2-1-3-9-21/h1-5,8-15,20H,6-7,16-17H2. The third kappa shape index (κ3) is 3.73. The maximum absolute atomic E-state index is 13.0. The van der Waals surface area contributed by atoms with Gasteiger partial charge < -0.3 is 9.47 Å². The smallest absolute Gasteiger partial charge is 0.254 e. The Labute approximate surface area is 165 Å². The lowest BCUT2D eigenvalue weighted by Crippen LogP contribution is -2.39. The van der Waals surface area contributed by atoms with Crippen LogP contribution in [0.25, 0.3) is 5.69 Å². The number of likely N-dealkylation sites (tertiary alicyclic amines) is 1. The van der Waals surface area contributed by atoms with Crippen molar-refractivity contribution in [3.05, 3.63) is 84.7 Å². The van der Waals surface area contributed by atoms with Gasteiger partial charge in [0.15, 0.2) is 9.84 Å². The topological polar surface area (TPSA) is 59.4 Å². The van der Waals surface area contributed by atoms with Crippen LogP contribution in [0.15, 0.2) is 84.0 Å². The molecule has 0 radical (unpaired) electrons. The molecule has 1 saturated heterocycles. The average Bonchev–Trinajstić information content (AvgIpc) is 3.40. The maximum Gasteiger partial charge on any atom is 0.254 e. The number of sulfone groups is 1. The highest BCUT2D eigenvalue weighted by atomic mass is 32.2. The third-order valence-electron chi connectivity index (χ3n) is 5.17. The van der Waals surface area contributed by atoms with Gasteiger partial charge in [0.2, 0.25) is 0 Å². The second kappa shape index (κ2) is 7.64. The molecule has 144 valence electrons. The van der Waals surface area contributed by atoms with E-state index in [9.17, 15) is 13.2 Å². The van der Waals surface area contributed by atoms with E-state index < -0.39 is 9.84 Å². The molecule has 1 fully saturated rings. The molecule has 1 aliphatic heterocycles. The zero-order chi connectivity index (χ0) is 19.6. The largest absolute Gasteiger partial charge is 0.335 e. The van der Waals surface area contributed by atoms with E-state index in [2.05, 4.69) is 0 Å². The van der Waals surface area contributed by atoms with E-state index in [-0.39, 0.29) is 17.7 Å². The van der Waals surface area contributed by atoms with Gasteiger partial charge in [-0.25, -0.2) is 8.42 Å². The Balaban J connectivity index is 1.51. The van der Waals surface area contributed by atoms with Crippen molar-refractivity contribution in [2.75, 3.05) is 12.3 Å². The molecule has 6 heteroatoms. The molecule has 0 saturated carbocycles. The summed E-state index contributed by atoms with van der Waals surface area (Å²) in [5.74, 6) is -0.144. The Bertz CT molecular complexity index is 1040. The number of carbonyl (C=O) groups is 1. The molecule has 1 unspecified atom stereocenters. The van der Waals surface area contributed by atoms with E-state index >= 15 is 0 Å². The van der Waals surface area contributed by atoms with Crippen LogP contribution in [0.4, 0.5) is 0 Å². The van der Waals surface area contributed by atoms with E-state index in [0.717, 1.165) is 12.1 Å². The summed E-state index contributed by atoms with van der Waals surface area (Å²) < 4.78 is 27.4. The summed E-state index contributed by atoms with van der Waals surface area (Å²) in [7, 11) is -3.43. The van der Waals surface area contributed by atoms with E-state index in [4.69, 9.17) is 0 Å². The molecule has 2 heterocycles. The molecule has 2 aromatic carbocycles. The quantitative estimate of drug-likeness (QED) is 0.665. The van der Waals surface area contributed by atoms with Gasteiger partial charge in [-0.1, -0.05) is 18.2 Å². The predicted octanol–water partition coefficient (Wildman–Crippen LogP) is 3.56. The number of amides is 1. The molecule has 4 rings (SSSR count). The fourth-order valence-electron chi connectivity index (χ4n) is 3.70. The Morgan fingerprint density at radius 1 is 0.929 bits per heavy atom. The highest BCUT2D eigenvalue weighted by Crippen LogP contribution is 2.24. The molecule has 28 heavy (non-hydrogen) atoms. The van der Waals surface area contributed by atoms with Crippen LogP contribution in [-0.2, 0) is 9.84 Å². The molecular weight excluding hydrogens is 372 g/mol. The normalized spacial score (nSPS) is 17.0. The van der Waals surface area contributed by atoms with Crippen molar-refractivity contribution >= 4 is 15.7 Å².